The zero-order chi connectivity index (χ0) is 30.1. The first kappa shape index (κ1) is 30.2. The molecule has 0 radical (unpaired) electrons. The number of nitrogens with zero attached hydrogens (tertiary/aromatic N) is 1. The highest BCUT2D eigenvalue weighted by Crippen LogP contribution is 2.45. The van der Waals surface area contributed by atoms with Crippen molar-refractivity contribution in [2.75, 3.05) is 26.8 Å². The van der Waals surface area contributed by atoms with Crippen molar-refractivity contribution < 1.29 is 32.3 Å². The van der Waals surface area contributed by atoms with Crippen molar-refractivity contribution >= 4 is 33.0 Å². The van der Waals surface area contributed by atoms with Crippen molar-refractivity contribution in [1.29, 1.82) is 0 Å². The van der Waals surface area contributed by atoms with Crippen molar-refractivity contribution in [3.63, 3.8) is 0 Å². The Bertz CT molecular complexity index is 1570. The third kappa shape index (κ3) is 6.38. The Morgan fingerprint density at radius 1 is 1.17 bits per heavy atom. The van der Waals surface area contributed by atoms with E-state index in [1.807, 2.05) is 37.3 Å². The first-order valence-corrected chi connectivity index (χ1v) is 16.2. The first-order chi connectivity index (χ1) is 20.0. The number of benzene rings is 1. The van der Waals surface area contributed by atoms with Gasteiger partial charge in [0.1, 0.15) is 11.5 Å². The van der Waals surface area contributed by atoms with Crippen LogP contribution in [0.1, 0.15) is 78.5 Å². The average molecular weight is 598 g/mol. The third-order valence-corrected chi connectivity index (χ3v) is 10.2. The summed E-state index contributed by atoms with van der Waals surface area (Å²) in [5, 5.41) is 12.9. The second-order valence-electron chi connectivity index (χ2n) is 11.7. The lowest BCUT2D eigenvalue weighted by molar-refractivity contribution is -0.149. The summed E-state index contributed by atoms with van der Waals surface area (Å²) in [7, 11) is -2.18. The molecule has 1 saturated heterocycles. The van der Waals surface area contributed by atoms with Gasteiger partial charge in [-0.2, -0.15) is 0 Å². The van der Waals surface area contributed by atoms with E-state index in [9.17, 15) is 23.1 Å². The van der Waals surface area contributed by atoms with Crippen LogP contribution < -0.4 is 10.0 Å². The normalized spacial score (nSPS) is 17.7. The number of fused-ring (bicyclic) bond motifs is 1. The van der Waals surface area contributed by atoms with Crippen LogP contribution in [0.4, 0.5) is 0 Å². The fraction of sp³-hybridized carbons (Fsp3) is 0.516. The van der Waals surface area contributed by atoms with Crippen molar-refractivity contribution in [3.8, 4) is 11.3 Å². The Morgan fingerprint density at radius 2 is 1.86 bits per heavy atom. The summed E-state index contributed by atoms with van der Waals surface area (Å²) in [5.41, 5.74) is 3.26. The molecule has 0 bridgehead atoms. The SMILES string of the molecule is CNC(=O)c1c(-c2ccc(C)cc2)oc2nc(CS(=O)(=O)NCCCC3(C(C)C(=O)O)CCOCC3)c(C3CC3)cc12. The minimum absolute atomic E-state index is 0.188. The molecule has 11 heteroatoms. The Kier molecular flexibility index (Phi) is 8.73. The molecule has 2 fully saturated rings. The van der Waals surface area contributed by atoms with Crippen molar-refractivity contribution in [3.05, 3.63) is 52.7 Å². The van der Waals surface area contributed by atoms with E-state index in [2.05, 4.69) is 15.0 Å². The molecule has 2 aliphatic rings. The summed E-state index contributed by atoms with van der Waals surface area (Å²) in [5.74, 6) is -1.39. The van der Waals surface area contributed by atoms with E-state index >= 15 is 0 Å². The van der Waals surface area contributed by atoms with E-state index in [0.717, 1.165) is 29.5 Å². The molecule has 226 valence electrons. The van der Waals surface area contributed by atoms with Crippen LogP contribution in [0.15, 0.2) is 34.7 Å². The van der Waals surface area contributed by atoms with E-state index < -0.39 is 27.3 Å². The molecule has 3 heterocycles. The summed E-state index contributed by atoms with van der Waals surface area (Å²) in [6, 6.07) is 9.53. The molecule has 1 saturated carbocycles. The molecular formula is C31H39N3O7S. The van der Waals surface area contributed by atoms with Gasteiger partial charge >= 0.3 is 5.97 Å². The van der Waals surface area contributed by atoms with E-state index in [0.29, 0.717) is 61.3 Å². The number of nitrogens with one attached hydrogen (secondary N) is 2. The number of pyridine rings is 1. The number of furan rings is 1. The van der Waals surface area contributed by atoms with Crippen molar-refractivity contribution in [2.45, 2.75) is 64.0 Å². The molecule has 10 nitrogen and oxygen atoms in total. The number of carbonyl (C=O) groups is 2. The van der Waals surface area contributed by atoms with Gasteiger partial charge in [0.25, 0.3) is 5.91 Å². The lowest BCUT2D eigenvalue weighted by Gasteiger charge is -2.40. The number of ether oxygens (including phenoxy) is 1. The predicted octanol–water partition coefficient (Wildman–Crippen LogP) is 4.76. The van der Waals surface area contributed by atoms with Gasteiger partial charge in [0.05, 0.1) is 22.6 Å². The molecule has 1 aromatic carbocycles. The summed E-state index contributed by atoms with van der Waals surface area (Å²) in [6.07, 6.45) is 4.27. The number of aromatic nitrogens is 1. The minimum Gasteiger partial charge on any atom is -0.481 e. The molecule has 1 aliphatic heterocycles. The highest BCUT2D eigenvalue weighted by Gasteiger charge is 2.41. The van der Waals surface area contributed by atoms with Gasteiger partial charge in [-0.15, -0.1) is 0 Å². The number of carbonyl (C=O) groups excluding carboxylic acids is 1. The second kappa shape index (κ2) is 12.1. The molecule has 1 aliphatic carbocycles. The van der Waals surface area contributed by atoms with Crippen LogP contribution >= 0.6 is 0 Å². The van der Waals surface area contributed by atoms with Crippen molar-refractivity contribution in [2.24, 2.45) is 11.3 Å². The van der Waals surface area contributed by atoms with Gasteiger partial charge in [-0.3, -0.25) is 9.59 Å². The van der Waals surface area contributed by atoms with Crippen molar-refractivity contribution in [1.82, 2.24) is 15.0 Å². The molecule has 1 unspecified atom stereocenters. The van der Waals surface area contributed by atoms with E-state index in [-0.39, 0.29) is 29.8 Å². The van der Waals surface area contributed by atoms with Crippen LogP contribution in [0.5, 0.6) is 0 Å². The van der Waals surface area contributed by atoms with Crippen LogP contribution in [-0.4, -0.2) is 57.2 Å². The quantitative estimate of drug-likeness (QED) is 0.253. The van der Waals surface area contributed by atoms with Gasteiger partial charge in [0.2, 0.25) is 15.7 Å². The number of carboxylic acids is 1. The molecule has 1 atom stereocenters. The van der Waals surface area contributed by atoms with Crippen LogP contribution in [0.25, 0.3) is 22.4 Å². The van der Waals surface area contributed by atoms with E-state index in [1.165, 1.54) is 0 Å². The predicted molar refractivity (Wildman–Crippen MR) is 159 cm³/mol. The first-order valence-electron chi connectivity index (χ1n) is 14.6. The number of aryl methyl sites for hydroxylation is 1. The van der Waals surface area contributed by atoms with Gasteiger partial charge in [0, 0.05) is 32.4 Å². The summed E-state index contributed by atoms with van der Waals surface area (Å²) in [6.45, 7) is 4.94. The number of carboxylic acid groups (broad SMARTS) is 1. The van der Waals surface area contributed by atoms with Gasteiger partial charge < -0.3 is 19.6 Å². The van der Waals surface area contributed by atoms with Crippen LogP contribution in [-0.2, 0) is 25.3 Å². The molecule has 2 aromatic heterocycles. The second-order valence-corrected chi connectivity index (χ2v) is 13.5. The smallest absolute Gasteiger partial charge is 0.306 e. The molecule has 42 heavy (non-hydrogen) atoms. The third-order valence-electron chi connectivity index (χ3n) is 8.86. The van der Waals surface area contributed by atoms with E-state index in [4.69, 9.17) is 9.15 Å². The maximum absolute atomic E-state index is 13.2. The summed E-state index contributed by atoms with van der Waals surface area (Å²) < 4.78 is 40.7. The van der Waals surface area contributed by atoms with Gasteiger partial charge in [-0.25, -0.2) is 18.1 Å². The highest BCUT2D eigenvalue weighted by atomic mass is 32.2. The molecule has 1 amide bonds. The number of sulfonamides is 1. The van der Waals surface area contributed by atoms with Gasteiger partial charge in [-0.1, -0.05) is 36.8 Å². The number of rotatable bonds is 12. The summed E-state index contributed by atoms with van der Waals surface area (Å²) >= 11 is 0. The maximum Gasteiger partial charge on any atom is 0.306 e. The lowest BCUT2D eigenvalue weighted by Crippen LogP contribution is -2.40. The molecule has 0 spiro atoms. The standard InChI is InChI=1S/C31H39N3O7S/c1-19-5-7-22(8-6-19)27-26(28(35)32-3)24-17-23(21-9-10-21)25(34-29(24)41-27)18-42(38,39)33-14-4-11-31(20(2)30(36)37)12-15-40-16-13-31/h5-8,17,20-21,33H,4,9-16,18H2,1-3H3,(H,32,35)(H,36,37). The van der Waals surface area contributed by atoms with Crippen LogP contribution in [0.2, 0.25) is 0 Å². The monoisotopic (exact) mass is 597 g/mol. The molecular weight excluding hydrogens is 558 g/mol. The fourth-order valence-corrected chi connectivity index (χ4v) is 7.18. The fourth-order valence-electron chi connectivity index (χ4n) is 6.04. The zero-order valence-corrected chi connectivity index (χ0v) is 25.2. The average Bonchev–Trinajstić information content (AvgIpc) is 3.75. The Hall–Kier alpha value is -3.28. The Balaban J connectivity index is 1.37. The topological polar surface area (TPSA) is 148 Å². The van der Waals surface area contributed by atoms with E-state index in [1.54, 1.807) is 14.0 Å². The maximum atomic E-state index is 13.2. The van der Waals surface area contributed by atoms with Gasteiger partial charge in [0.15, 0.2) is 0 Å². The largest absolute Gasteiger partial charge is 0.481 e. The number of hydrogen-bond acceptors (Lipinski definition) is 7. The Morgan fingerprint density at radius 3 is 2.48 bits per heavy atom. The molecule has 3 N–H and O–H groups in total. The molecule has 5 rings (SSSR count). The Labute approximate surface area is 246 Å². The lowest BCUT2D eigenvalue weighted by atomic mass is 9.67. The van der Waals surface area contributed by atoms with Crippen LogP contribution in [0, 0.1) is 18.3 Å². The highest BCUT2D eigenvalue weighted by molar-refractivity contribution is 7.88. The molecule has 3 aromatic rings. The summed E-state index contributed by atoms with van der Waals surface area (Å²) in [4.78, 5) is 29.4. The number of hydrogen-bond donors (Lipinski definition) is 3. The van der Waals surface area contributed by atoms with Gasteiger partial charge in [-0.05, 0) is 68.4 Å². The zero-order valence-electron chi connectivity index (χ0n) is 24.4. The number of amides is 1. The van der Waals surface area contributed by atoms with Crippen LogP contribution in [0.3, 0.4) is 0 Å². The number of aliphatic carboxylic acids is 1. The minimum atomic E-state index is -3.75.